The van der Waals surface area contributed by atoms with Crippen LogP contribution in [0.5, 0.6) is 0 Å². The Bertz CT molecular complexity index is 581. The Morgan fingerprint density at radius 3 is 1.06 bits per heavy atom. The molecule has 2 N–H and O–H groups in total. The summed E-state index contributed by atoms with van der Waals surface area (Å²) in [6, 6.07) is 0. The minimum absolute atomic E-state index is 0. The van der Waals surface area contributed by atoms with Gasteiger partial charge < -0.3 is 0 Å². The predicted molar refractivity (Wildman–Crippen MR) is 120 cm³/mol. The van der Waals surface area contributed by atoms with E-state index in [2.05, 4.69) is 10.7 Å². The SMILES string of the molecule is C.C.C.C.C.C.CC(C(F)(F)CC(C)(F)F)S(=O)(=O)O.CCC(C)(F)F.O=S(=O)(O)Cl. The minimum Gasteiger partial charge on any atom is -0.285 e. The summed E-state index contributed by atoms with van der Waals surface area (Å²) in [6.45, 7) is 3.09. The molecule has 1 unspecified atom stereocenters. The summed E-state index contributed by atoms with van der Waals surface area (Å²) in [5.74, 6) is -10.3. The summed E-state index contributed by atoms with van der Waals surface area (Å²) in [5, 5.41) is -2.54. The second-order valence-corrected chi connectivity index (χ2v) is 8.73. The van der Waals surface area contributed by atoms with Gasteiger partial charge in [-0.2, -0.15) is 16.8 Å². The molecular weight excluding hydrogens is 502 g/mol. The third-order valence-corrected chi connectivity index (χ3v) is 3.45. The molecule has 0 spiro atoms. The molecule has 0 aliphatic rings. The largest absolute Gasteiger partial charge is 0.353 e. The Hall–Kier alpha value is -0.310. The molecule has 0 amide bonds. The van der Waals surface area contributed by atoms with Crippen molar-refractivity contribution in [3.05, 3.63) is 0 Å². The zero-order chi connectivity index (χ0) is 21.5. The van der Waals surface area contributed by atoms with Crippen LogP contribution in [0.15, 0.2) is 0 Å². The number of hydrogen-bond donors (Lipinski definition) is 2. The first-order valence-electron chi connectivity index (χ1n) is 6.19. The number of hydrogen-bond acceptors (Lipinski definition) is 4. The molecule has 0 aliphatic heterocycles. The van der Waals surface area contributed by atoms with Gasteiger partial charge in [0.1, 0.15) is 5.25 Å². The van der Waals surface area contributed by atoms with Gasteiger partial charge in [-0.15, -0.1) is 0 Å². The molecule has 0 rings (SSSR count). The van der Waals surface area contributed by atoms with Crippen LogP contribution in [0, 0.1) is 0 Å². The summed E-state index contributed by atoms with van der Waals surface area (Å²) < 4.78 is 127. The van der Waals surface area contributed by atoms with Crippen LogP contribution in [0.1, 0.15) is 85.1 Å². The first kappa shape index (κ1) is 57.5. The van der Waals surface area contributed by atoms with Crippen LogP contribution in [-0.2, 0) is 19.4 Å². The molecule has 0 fully saturated rings. The van der Waals surface area contributed by atoms with Crippen LogP contribution in [0.4, 0.5) is 26.3 Å². The van der Waals surface area contributed by atoms with E-state index in [-0.39, 0.29) is 57.9 Å². The van der Waals surface area contributed by atoms with Crippen molar-refractivity contribution in [1.29, 1.82) is 0 Å². The van der Waals surface area contributed by atoms with Gasteiger partial charge in [0.15, 0.2) is 0 Å². The Labute approximate surface area is 190 Å². The summed E-state index contributed by atoms with van der Waals surface area (Å²) in [4.78, 5) is 0. The number of rotatable bonds is 5. The fourth-order valence-corrected chi connectivity index (χ4v) is 1.29. The molecule has 1 atom stereocenters. The van der Waals surface area contributed by atoms with E-state index < -0.39 is 48.9 Å². The van der Waals surface area contributed by atoms with Crippen LogP contribution in [0.3, 0.4) is 0 Å². The first-order valence-corrected chi connectivity index (χ1v) is 9.96. The lowest BCUT2D eigenvalue weighted by atomic mass is 10.1. The average Bonchev–Trinajstić information content (AvgIpc) is 2.21. The van der Waals surface area contributed by atoms with Crippen molar-refractivity contribution in [2.45, 2.75) is 108 Å². The van der Waals surface area contributed by atoms with Gasteiger partial charge in [-0.1, -0.05) is 51.5 Å². The van der Waals surface area contributed by atoms with Gasteiger partial charge in [0.25, 0.3) is 22.0 Å². The maximum Gasteiger partial charge on any atom is 0.353 e. The van der Waals surface area contributed by atoms with E-state index in [0.29, 0.717) is 6.92 Å². The van der Waals surface area contributed by atoms with E-state index in [4.69, 9.17) is 17.5 Å². The zero-order valence-electron chi connectivity index (χ0n) is 13.5. The third kappa shape index (κ3) is 53.2. The lowest BCUT2D eigenvalue weighted by Gasteiger charge is -2.23. The zero-order valence-corrected chi connectivity index (χ0v) is 15.9. The van der Waals surface area contributed by atoms with Gasteiger partial charge in [-0.3, -0.25) is 9.11 Å². The van der Waals surface area contributed by atoms with Crippen LogP contribution in [-0.4, -0.2) is 49.0 Å². The highest BCUT2D eigenvalue weighted by Gasteiger charge is 2.49. The molecule has 0 heterocycles. The molecular formula is C16H43ClF6O6S2. The normalized spacial score (nSPS) is 11.8. The van der Waals surface area contributed by atoms with E-state index in [1.54, 1.807) is 0 Å². The molecule has 0 aromatic heterocycles. The Morgan fingerprint density at radius 1 is 0.774 bits per heavy atom. The average molecular weight is 545 g/mol. The molecule has 0 radical (unpaired) electrons. The standard InChI is InChI=1S/C6H10F4O3S.C4H8F2.6CH4.ClHO3S/c1-4(14(11,12)13)6(9,10)3-5(2,7)8;1-3-4(2,5)6;;;;;;;1-5(2,3)4/h4H,3H2,1-2H3,(H,11,12,13);3H2,1-2H3;6*1H4;(H,2,3,4). The molecule has 0 saturated carbocycles. The molecule has 15 heteroatoms. The van der Waals surface area contributed by atoms with E-state index in [1.165, 1.54) is 6.92 Å². The van der Waals surface area contributed by atoms with Gasteiger partial charge in [0.05, 0.1) is 6.42 Å². The molecule has 0 aliphatic carbocycles. The number of alkyl halides is 6. The first-order chi connectivity index (χ1) is 10.4. The van der Waals surface area contributed by atoms with E-state index in [1.807, 2.05) is 0 Å². The van der Waals surface area contributed by atoms with Gasteiger partial charge in [0, 0.05) is 17.1 Å². The van der Waals surface area contributed by atoms with Gasteiger partial charge in [0.2, 0.25) is 5.92 Å². The van der Waals surface area contributed by atoms with Crippen molar-refractivity contribution in [3.8, 4) is 0 Å². The van der Waals surface area contributed by atoms with Gasteiger partial charge in [-0.05, 0) is 20.8 Å². The van der Waals surface area contributed by atoms with Crippen molar-refractivity contribution >= 4 is 30.1 Å². The molecule has 0 aromatic rings. The minimum atomic E-state index is -5.02. The second kappa shape index (κ2) is 20.3. The Morgan fingerprint density at radius 2 is 0.968 bits per heavy atom. The lowest BCUT2D eigenvalue weighted by molar-refractivity contribution is -0.100. The van der Waals surface area contributed by atoms with E-state index in [9.17, 15) is 34.8 Å². The maximum atomic E-state index is 12.8. The highest BCUT2D eigenvalue weighted by atomic mass is 35.7. The predicted octanol–water partition coefficient (Wildman–Crippen LogP) is 7.84. The summed E-state index contributed by atoms with van der Waals surface area (Å²) >= 11 is 0. The van der Waals surface area contributed by atoms with Crippen LogP contribution in [0.2, 0.25) is 0 Å². The fourth-order valence-electron chi connectivity index (χ4n) is 0.775. The highest BCUT2D eigenvalue weighted by Crippen LogP contribution is 2.34. The van der Waals surface area contributed by atoms with Crippen molar-refractivity contribution in [1.82, 2.24) is 0 Å². The van der Waals surface area contributed by atoms with E-state index in [0.717, 1.165) is 6.92 Å². The van der Waals surface area contributed by atoms with Crippen molar-refractivity contribution in [2.75, 3.05) is 0 Å². The summed E-state index contributed by atoms with van der Waals surface area (Å²) in [6.07, 6.45) is -1.98. The molecule has 0 bridgehead atoms. The van der Waals surface area contributed by atoms with Crippen molar-refractivity contribution < 1.29 is 52.3 Å². The monoisotopic (exact) mass is 544 g/mol. The topological polar surface area (TPSA) is 109 Å². The summed E-state index contributed by atoms with van der Waals surface area (Å²) in [5.41, 5.74) is 0. The molecule has 0 aromatic carbocycles. The smallest absolute Gasteiger partial charge is 0.285 e. The Kier molecular flexibility index (Phi) is 37.7. The fraction of sp³-hybridized carbons (Fsp3) is 1.00. The second-order valence-electron chi connectivity index (χ2n) is 5.00. The van der Waals surface area contributed by atoms with Gasteiger partial charge in [-0.25, -0.2) is 26.3 Å². The highest BCUT2D eigenvalue weighted by molar-refractivity contribution is 8.09. The quantitative estimate of drug-likeness (QED) is 0.207. The third-order valence-electron chi connectivity index (χ3n) is 2.21. The lowest BCUT2D eigenvalue weighted by Crippen LogP contribution is -2.41. The van der Waals surface area contributed by atoms with Crippen LogP contribution >= 0.6 is 10.7 Å². The van der Waals surface area contributed by atoms with Crippen molar-refractivity contribution in [2.24, 2.45) is 0 Å². The molecule has 31 heavy (non-hydrogen) atoms. The van der Waals surface area contributed by atoms with Gasteiger partial charge >= 0.3 is 9.33 Å². The number of halogens is 7. The molecule has 6 nitrogen and oxygen atoms in total. The van der Waals surface area contributed by atoms with Crippen molar-refractivity contribution in [3.63, 3.8) is 0 Å². The molecule has 0 saturated heterocycles. The van der Waals surface area contributed by atoms with Crippen LogP contribution < -0.4 is 0 Å². The van der Waals surface area contributed by atoms with E-state index >= 15 is 0 Å². The Balaban J connectivity index is -0.0000000352. The maximum absolute atomic E-state index is 12.8. The van der Waals surface area contributed by atoms with Crippen LogP contribution in [0.25, 0.3) is 0 Å². The molecule has 204 valence electrons. The summed E-state index contributed by atoms with van der Waals surface area (Å²) in [7, 11) is -5.15.